The molecule has 0 saturated carbocycles. The summed E-state index contributed by atoms with van der Waals surface area (Å²) in [6.07, 6.45) is 9.91. The Morgan fingerprint density at radius 3 is 1.51 bits per heavy atom. The lowest BCUT2D eigenvalue weighted by molar-refractivity contribution is 0.563. The largest absolute Gasteiger partial charge is 0.311 e. The number of hydrogen-bond acceptors (Lipinski definition) is 1. The molecule has 1 unspecified atom stereocenters. The van der Waals surface area contributed by atoms with Crippen LogP contribution < -0.4 is 4.90 Å². The summed E-state index contributed by atoms with van der Waals surface area (Å²) in [5.41, 5.74) is 20.0. The molecule has 8 aromatic rings. The number of hydrogen-bond donors (Lipinski definition) is 0. The van der Waals surface area contributed by atoms with E-state index in [0.29, 0.717) is 5.92 Å². The lowest BCUT2D eigenvalue weighted by Gasteiger charge is -2.46. The number of allylic oxidation sites excluding steroid dienone is 4. The van der Waals surface area contributed by atoms with Crippen LogP contribution in [0.25, 0.3) is 33.4 Å². The third-order valence-electron chi connectivity index (χ3n) is 13.3. The highest BCUT2D eigenvalue weighted by molar-refractivity contribution is 5.97. The van der Waals surface area contributed by atoms with E-state index < -0.39 is 5.41 Å². The number of benzene rings is 8. The molecular formula is C58H45N. The van der Waals surface area contributed by atoms with Gasteiger partial charge in [-0.15, -0.1) is 0 Å². The monoisotopic (exact) mass is 755 g/mol. The number of fused-ring (bicyclic) bond motifs is 9. The van der Waals surface area contributed by atoms with Crippen molar-refractivity contribution in [3.63, 3.8) is 0 Å². The molecule has 3 aliphatic rings. The normalized spacial score (nSPS) is 16.2. The maximum Gasteiger partial charge on any atom is 0.0719 e. The predicted octanol–water partition coefficient (Wildman–Crippen LogP) is 15.1. The first-order valence-electron chi connectivity index (χ1n) is 21.0. The molecule has 3 aliphatic carbocycles. The summed E-state index contributed by atoms with van der Waals surface area (Å²) in [6, 6.07) is 72.5. The Morgan fingerprint density at radius 2 is 0.898 bits per heavy atom. The van der Waals surface area contributed by atoms with Crippen LogP contribution in [0.3, 0.4) is 0 Å². The first-order valence-corrected chi connectivity index (χ1v) is 21.0. The van der Waals surface area contributed by atoms with Gasteiger partial charge in [-0.25, -0.2) is 0 Å². The fourth-order valence-corrected chi connectivity index (χ4v) is 10.5. The summed E-state index contributed by atoms with van der Waals surface area (Å²) in [5, 5.41) is 0. The second-order valence-corrected chi connectivity index (χ2v) is 16.8. The molecule has 0 radical (unpaired) electrons. The highest BCUT2D eigenvalue weighted by atomic mass is 15.1. The van der Waals surface area contributed by atoms with Gasteiger partial charge in [0.1, 0.15) is 0 Å². The van der Waals surface area contributed by atoms with Gasteiger partial charge in [-0.1, -0.05) is 196 Å². The van der Waals surface area contributed by atoms with Gasteiger partial charge in [0.25, 0.3) is 0 Å². The van der Waals surface area contributed by atoms with Crippen LogP contribution in [-0.2, 0) is 10.8 Å². The average molecular weight is 756 g/mol. The van der Waals surface area contributed by atoms with E-state index >= 15 is 0 Å². The van der Waals surface area contributed by atoms with Crippen molar-refractivity contribution in [3.05, 3.63) is 257 Å². The van der Waals surface area contributed by atoms with Gasteiger partial charge in [-0.2, -0.15) is 0 Å². The van der Waals surface area contributed by atoms with Gasteiger partial charge >= 0.3 is 0 Å². The maximum atomic E-state index is 2.39. The summed E-state index contributed by atoms with van der Waals surface area (Å²) in [4.78, 5) is 2.39. The Balaban J connectivity index is 1.04. The Bertz CT molecular complexity index is 2860. The molecule has 0 heterocycles. The second-order valence-electron chi connectivity index (χ2n) is 16.8. The lowest BCUT2D eigenvalue weighted by Crippen LogP contribution is -2.40. The van der Waals surface area contributed by atoms with Crippen molar-refractivity contribution in [3.8, 4) is 33.4 Å². The number of anilines is 3. The molecule has 0 amide bonds. The van der Waals surface area contributed by atoms with Crippen LogP contribution in [0.1, 0.15) is 65.1 Å². The van der Waals surface area contributed by atoms with Crippen molar-refractivity contribution in [2.45, 2.75) is 37.0 Å². The van der Waals surface area contributed by atoms with Gasteiger partial charge in [0.05, 0.1) is 5.41 Å². The zero-order valence-electron chi connectivity index (χ0n) is 33.5. The van der Waals surface area contributed by atoms with Crippen LogP contribution in [0, 0.1) is 0 Å². The molecule has 1 spiro atoms. The Morgan fingerprint density at radius 1 is 0.407 bits per heavy atom. The fourth-order valence-electron chi connectivity index (χ4n) is 10.5. The van der Waals surface area contributed by atoms with Crippen molar-refractivity contribution >= 4 is 17.1 Å². The van der Waals surface area contributed by atoms with Gasteiger partial charge in [-0.3, -0.25) is 0 Å². The van der Waals surface area contributed by atoms with Gasteiger partial charge in [0.2, 0.25) is 0 Å². The molecule has 0 fully saturated rings. The molecule has 0 bridgehead atoms. The van der Waals surface area contributed by atoms with E-state index in [1.807, 2.05) is 0 Å². The first kappa shape index (κ1) is 35.2. The summed E-state index contributed by atoms with van der Waals surface area (Å²) < 4.78 is 0. The molecule has 8 aromatic carbocycles. The molecular weight excluding hydrogens is 711 g/mol. The summed E-state index contributed by atoms with van der Waals surface area (Å²) in [7, 11) is 0. The van der Waals surface area contributed by atoms with Crippen LogP contribution in [0.15, 0.2) is 218 Å². The minimum Gasteiger partial charge on any atom is -0.311 e. The topological polar surface area (TPSA) is 3.24 Å². The Hall–Kier alpha value is -6.96. The van der Waals surface area contributed by atoms with Crippen molar-refractivity contribution in [1.82, 2.24) is 0 Å². The minimum absolute atomic E-state index is 0.123. The van der Waals surface area contributed by atoms with Crippen molar-refractivity contribution in [2.75, 3.05) is 4.90 Å². The summed E-state index contributed by atoms with van der Waals surface area (Å²) in [6.45, 7) is 4.77. The molecule has 11 rings (SSSR count). The zero-order valence-corrected chi connectivity index (χ0v) is 33.5. The van der Waals surface area contributed by atoms with E-state index in [-0.39, 0.29) is 5.41 Å². The second kappa shape index (κ2) is 13.9. The highest BCUT2D eigenvalue weighted by Gasteiger charge is 2.53. The molecule has 0 aromatic heterocycles. The van der Waals surface area contributed by atoms with Crippen molar-refractivity contribution in [1.29, 1.82) is 0 Å². The summed E-state index contributed by atoms with van der Waals surface area (Å²) in [5.74, 6) is 0.408. The highest BCUT2D eigenvalue weighted by Crippen LogP contribution is 2.63. The molecule has 0 saturated heterocycles. The lowest BCUT2D eigenvalue weighted by atomic mass is 9.55. The first-order chi connectivity index (χ1) is 29.0. The SMILES string of the molecule is CC1(C)c2ccccc2C2(c3ccccc3-c3c(-c4ccc(N(c5ccc(-c6ccccc6)cc5)c5ccc(C6C=CC=CC6)cc5)cc4)cccc32)c2ccccc21. The molecule has 0 aliphatic heterocycles. The average Bonchev–Trinajstić information content (AvgIpc) is 3.61. The van der Waals surface area contributed by atoms with E-state index in [1.165, 1.54) is 72.3 Å². The van der Waals surface area contributed by atoms with E-state index in [4.69, 9.17) is 0 Å². The summed E-state index contributed by atoms with van der Waals surface area (Å²) >= 11 is 0. The molecule has 1 nitrogen and oxygen atoms in total. The van der Waals surface area contributed by atoms with E-state index in [0.717, 1.165) is 23.5 Å². The molecule has 0 N–H and O–H groups in total. The van der Waals surface area contributed by atoms with Crippen molar-refractivity contribution < 1.29 is 0 Å². The number of nitrogens with zero attached hydrogens (tertiary/aromatic N) is 1. The number of rotatable bonds is 6. The molecule has 1 heteroatoms. The molecule has 1 atom stereocenters. The van der Waals surface area contributed by atoms with Crippen LogP contribution in [0.4, 0.5) is 17.1 Å². The van der Waals surface area contributed by atoms with Gasteiger partial charge in [0.15, 0.2) is 0 Å². The molecule has 282 valence electrons. The standard InChI is InChI=1S/C58H45N/c1-57(2)51-23-11-13-25-53(51)58(54-26-14-12-24-52(54)57)50-22-10-9-20-49(50)56-48(21-15-27-55(56)58)44-32-38-47(39-33-44)59(45-34-28-42(29-35-45)40-16-5-3-6-17-40)46-36-30-43(31-37-46)41-18-7-4-8-19-41/h3-18,20-39,41H,19H2,1-2H3. The van der Waals surface area contributed by atoms with Crippen LogP contribution >= 0.6 is 0 Å². The fraction of sp³-hybridized carbons (Fsp3) is 0.103. The quantitative estimate of drug-likeness (QED) is 0.163. The zero-order chi connectivity index (χ0) is 39.6. The third kappa shape index (κ3) is 5.45. The third-order valence-corrected chi connectivity index (χ3v) is 13.3. The van der Waals surface area contributed by atoms with E-state index in [1.54, 1.807) is 0 Å². The van der Waals surface area contributed by atoms with Crippen LogP contribution in [0.2, 0.25) is 0 Å². The maximum absolute atomic E-state index is 2.39. The van der Waals surface area contributed by atoms with Crippen LogP contribution in [0.5, 0.6) is 0 Å². The van der Waals surface area contributed by atoms with E-state index in [2.05, 4.69) is 237 Å². The van der Waals surface area contributed by atoms with Gasteiger partial charge in [-0.05, 0) is 115 Å². The molecule has 59 heavy (non-hydrogen) atoms. The van der Waals surface area contributed by atoms with Gasteiger partial charge in [0, 0.05) is 28.4 Å². The predicted molar refractivity (Wildman–Crippen MR) is 247 cm³/mol. The smallest absolute Gasteiger partial charge is 0.0719 e. The minimum atomic E-state index is -0.414. The Kier molecular flexibility index (Phi) is 8.27. The Labute approximate surface area is 348 Å². The van der Waals surface area contributed by atoms with Gasteiger partial charge < -0.3 is 4.90 Å². The van der Waals surface area contributed by atoms with Crippen molar-refractivity contribution in [2.24, 2.45) is 0 Å². The van der Waals surface area contributed by atoms with E-state index in [9.17, 15) is 0 Å². The van der Waals surface area contributed by atoms with Crippen LogP contribution in [-0.4, -0.2) is 0 Å².